The summed E-state index contributed by atoms with van der Waals surface area (Å²) in [6.45, 7) is 0. The van der Waals surface area contributed by atoms with Crippen molar-refractivity contribution in [1.82, 2.24) is 0 Å². The van der Waals surface area contributed by atoms with Crippen molar-refractivity contribution in [3.05, 3.63) is 59.2 Å². The smallest absolute Gasteiger partial charge is 0.152 e. The maximum absolute atomic E-state index is 13.3. The molecule has 0 spiro atoms. The molecule has 0 fully saturated rings. The van der Waals surface area contributed by atoms with Gasteiger partial charge in [-0.3, -0.25) is 0 Å². The van der Waals surface area contributed by atoms with Crippen molar-refractivity contribution in [2.24, 2.45) is 0 Å². The van der Waals surface area contributed by atoms with Gasteiger partial charge in [-0.1, -0.05) is 0 Å². The number of hydrogen-bond acceptors (Lipinski definition) is 1. The van der Waals surface area contributed by atoms with E-state index in [0.717, 1.165) is 0 Å². The van der Waals surface area contributed by atoms with Gasteiger partial charge in [0.1, 0.15) is 23.0 Å². The molecule has 0 bridgehead atoms. The molecule has 0 aliphatic heterocycles. The molecule has 0 saturated carbocycles. The minimum Gasteiger partial charge on any atom is -0.346 e. The zero-order valence-corrected chi connectivity index (χ0v) is 9.08. The van der Waals surface area contributed by atoms with Crippen LogP contribution in [0.2, 0.25) is 0 Å². The van der Waals surface area contributed by atoms with Crippen molar-refractivity contribution in [3.63, 3.8) is 0 Å². The van der Waals surface area contributed by atoms with Gasteiger partial charge in [0.25, 0.3) is 0 Å². The van der Waals surface area contributed by atoms with Crippen molar-refractivity contribution >= 4 is 11.4 Å². The molecule has 19 heavy (non-hydrogen) atoms. The monoisotopic (exact) mass is 277 g/mol. The summed E-state index contributed by atoms with van der Waals surface area (Å²) < 4.78 is 78.4. The quantitative estimate of drug-likeness (QED) is 0.808. The van der Waals surface area contributed by atoms with Crippen LogP contribution < -0.4 is 5.32 Å². The van der Waals surface area contributed by atoms with Gasteiger partial charge in [-0.2, -0.15) is 0 Å². The van der Waals surface area contributed by atoms with Crippen molar-refractivity contribution in [1.29, 1.82) is 0 Å². The van der Waals surface area contributed by atoms with Gasteiger partial charge in [-0.05, 0) is 0 Å². The van der Waals surface area contributed by atoms with Crippen molar-refractivity contribution in [2.45, 2.75) is 0 Å². The van der Waals surface area contributed by atoms with Crippen LogP contribution in [0.3, 0.4) is 0 Å². The zero-order chi connectivity index (χ0) is 14.2. The molecule has 0 aromatic heterocycles. The Bertz CT molecular complexity index is 539. The molecule has 0 heterocycles. The Balaban J connectivity index is 2.48. The van der Waals surface area contributed by atoms with Gasteiger partial charge in [0.05, 0.1) is 0 Å². The normalized spacial score (nSPS) is 10.6. The predicted molar refractivity (Wildman–Crippen MR) is 55.9 cm³/mol. The average molecular weight is 277 g/mol. The number of rotatable bonds is 2. The van der Waals surface area contributed by atoms with E-state index in [2.05, 4.69) is 0 Å². The number of hydrogen-bond donors (Lipinski definition) is 1. The Hall–Kier alpha value is -2.18. The second kappa shape index (κ2) is 4.83. The summed E-state index contributed by atoms with van der Waals surface area (Å²) in [5, 5.41) is 1.80. The van der Waals surface area contributed by atoms with Crippen LogP contribution in [-0.4, -0.2) is 0 Å². The first-order valence-corrected chi connectivity index (χ1v) is 4.94. The Morgan fingerprint density at radius 2 is 0.789 bits per heavy atom. The Morgan fingerprint density at radius 3 is 1.05 bits per heavy atom. The lowest BCUT2D eigenvalue weighted by molar-refractivity contribution is 0.542. The Kier molecular flexibility index (Phi) is 3.37. The number of halogens is 6. The maximum Gasteiger partial charge on any atom is 0.152 e. The molecule has 0 radical (unpaired) electrons. The highest BCUT2D eigenvalue weighted by Crippen LogP contribution is 2.28. The van der Waals surface area contributed by atoms with Gasteiger partial charge in [-0.25, -0.2) is 26.3 Å². The fourth-order valence-corrected chi connectivity index (χ4v) is 1.45. The first kappa shape index (κ1) is 13.3. The van der Waals surface area contributed by atoms with Crippen molar-refractivity contribution in [2.75, 3.05) is 5.32 Å². The molecule has 0 amide bonds. The van der Waals surface area contributed by atoms with Crippen LogP contribution in [0.5, 0.6) is 0 Å². The molecular formula is C12H5F6N. The van der Waals surface area contributed by atoms with E-state index in [0.29, 0.717) is 24.3 Å². The van der Waals surface area contributed by atoms with E-state index in [4.69, 9.17) is 0 Å². The third-order valence-electron chi connectivity index (χ3n) is 2.26. The SMILES string of the molecule is Fc1cc(F)c(Nc2c(F)cc(F)cc2F)c(F)c1. The summed E-state index contributed by atoms with van der Waals surface area (Å²) in [7, 11) is 0. The summed E-state index contributed by atoms with van der Waals surface area (Å²) in [4.78, 5) is 0. The maximum atomic E-state index is 13.3. The largest absolute Gasteiger partial charge is 0.346 e. The number of nitrogens with one attached hydrogen (secondary N) is 1. The Morgan fingerprint density at radius 1 is 0.526 bits per heavy atom. The van der Waals surface area contributed by atoms with Gasteiger partial charge in [-0.15, -0.1) is 0 Å². The van der Waals surface area contributed by atoms with E-state index in [-0.39, 0.29) is 0 Å². The lowest BCUT2D eigenvalue weighted by Gasteiger charge is -2.10. The van der Waals surface area contributed by atoms with E-state index in [1.54, 1.807) is 5.32 Å². The topological polar surface area (TPSA) is 12.0 Å². The molecule has 7 heteroatoms. The number of benzene rings is 2. The molecule has 0 unspecified atom stereocenters. The van der Waals surface area contributed by atoms with Crippen LogP contribution in [0.25, 0.3) is 0 Å². The highest BCUT2D eigenvalue weighted by Gasteiger charge is 2.17. The molecule has 0 aliphatic carbocycles. The molecule has 0 aliphatic rings. The van der Waals surface area contributed by atoms with Gasteiger partial charge < -0.3 is 5.32 Å². The van der Waals surface area contributed by atoms with Crippen LogP contribution in [-0.2, 0) is 0 Å². The lowest BCUT2D eigenvalue weighted by atomic mass is 10.2. The van der Waals surface area contributed by atoms with Crippen LogP contribution in [0, 0.1) is 34.9 Å². The summed E-state index contributed by atoms with van der Waals surface area (Å²) in [6, 6.07) is 1.35. The van der Waals surface area contributed by atoms with Gasteiger partial charge in [0, 0.05) is 24.3 Å². The molecule has 0 atom stereocenters. The molecule has 1 N–H and O–H groups in total. The van der Waals surface area contributed by atoms with Crippen LogP contribution >= 0.6 is 0 Å². The lowest BCUT2D eigenvalue weighted by Crippen LogP contribution is -2.03. The Labute approximate surface area is 103 Å². The van der Waals surface area contributed by atoms with E-state index in [1.807, 2.05) is 0 Å². The van der Waals surface area contributed by atoms with E-state index in [9.17, 15) is 26.3 Å². The predicted octanol–water partition coefficient (Wildman–Crippen LogP) is 4.26. The first-order valence-electron chi connectivity index (χ1n) is 4.94. The third-order valence-corrected chi connectivity index (χ3v) is 2.26. The summed E-state index contributed by atoms with van der Waals surface area (Å²) in [5.41, 5.74) is -1.88. The standard InChI is InChI=1S/C12H5F6N/c13-5-1-7(15)11(8(16)2-5)19-12-9(17)3-6(14)4-10(12)18/h1-4,19H. The van der Waals surface area contributed by atoms with Crippen LogP contribution in [0.4, 0.5) is 37.7 Å². The minimum absolute atomic E-state index is 0.338. The molecular weight excluding hydrogens is 272 g/mol. The van der Waals surface area contributed by atoms with Crippen LogP contribution in [0.1, 0.15) is 0 Å². The summed E-state index contributed by atoms with van der Waals surface area (Å²) in [5.74, 6) is -7.86. The fraction of sp³-hybridized carbons (Fsp3) is 0. The highest BCUT2D eigenvalue weighted by atomic mass is 19.2. The van der Waals surface area contributed by atoms with Gasteiger partial charge in [0.15, 0.2) is 23.3 Å². The molecule has 100 valence electrons. The third kappa shape index (κ3) is 2.64. The number of anilines is 2. The fourth-order valence-electron chi connectivity index (χ4n) is 1.45. The van der Waals surface area contributed by atoms with E-state index >= 15 is 0 Å². The van der Waals surface area contributed by atoms with E-state index < -0.39 is 46.3 Å². The minimum atomic E-state index is -1.37. The van der Waals surface area contributed by atoms with Crippen LogP contribution in [0.15, 0.2) is 24.3 Å². The first-order chi connectivity index (χ1) is 8.88. The molecule has 2 aromatic rings. The average Bonchev–Trinajstić information content (AvgIpc) is 2.25. The van der Waals surface area contributed by atoms with E-state index in [1.165, 1.54) is 0 Å². The van der Waals surface area contributed by atoms with Gasteiger partial charge in [0.2, 0.25) is 0 Å². The zero-order valence-electron chi connectivity index (χ0n) is 9.08. The second-order valence-electron chi connectivity index (χ2n) is 3.61. The molecule has 2 rings (SSSR count). The summed E-state index contributed by atoms with van der Waals surface area (Å²) >= 11 is 0. The molecule has 2 aromatic carbocycles. The molecule has 1 nitrogen and oxygen atoms in total. The van der Waals surface area contributed by atoms with Gasteiger partial charge >= 0.3 is 0 Å². The van der Waals surface area contributed by atoms with Crippen molar-refractivity contribution < 1.29 is 26.3 Å². The van der Waals surface area contributed by atoms with Crippen molar-refractivity contribution in [3.8, 4) is 0 Å². The molecule has 0 saturated heterocycles. The summed E-state index contributed by atoms with van der Waals surface area (Å²) in [6.07, 6.45) is 0. The second-order valence-corrected chi connectivity index (χ2v) is 3.61. The highest BCUT2D eigenvalue weighted by molar-refractivity contribution is 5.62.